The Labute approximate surface area is 175 Å². The van der Waals surface area contributed by atoms with E-state index in [1.165, 1.54) is 10.4 Å². The van der Waals surface area contributed by atoms with E-state index >= 15 is 0 Å². The number of hydrogen-bond donors (Lipinski definition) is 1. The summed E-state index contributed by atoms with van der Waals surface area (Å²) in [6.45, 7) is 2.55. The summed E-state index contributed by atoms with van der Waals surface area (Å²) in [6, 6.07) is 14.1. The van der Waals surface area contributed by atoms with E-state index in [9.17, 15) is 13.2 Å². The fraction of sp³-hybridized carbons (Fsp3) is 0.273. The van der Waals surface area contributed by atoms with E-state index in [4.69, 9.17) is 4.42 Å². The van der Waals surface area contributed by atoms with E-state index in [0.717, 1.165) is 24.0 Å². The number of aromatic nitrogens is 1. The SMILES string of the molecule is Cc1oc(C(=O)NC(c2ccccc2)c2ccncc2)cc1S(=O)(=O)N1CCCC1. The first-order valence-corrected chi connectivity index (χ1v) is 11.3. The highest BCUT2D eigenvalue weighted by atomic mass is 32.2. The molecule has 1 unspecified atom stereocenters. The normalized spacial score (nSPS) is 15.8. The number of sulfonamides is 1. The molecule has 1 N–H and O–H groups in total. The summed E-state index contributed by atoms with van der Waals surface area (Å²) in [5, 5.41) is 2.96. The molecule has 0 saturated carbocycles. The summed E-state index contributed by atoms with van der Waals surface area (Å²) in [5.74, 6) is -0.292. The molecule has 0 aliphatic carbocycles. The van der Waals surface area contributed by atoms with E-state index in [0.29, 0.717) is 13.1 Å². The van der Waals surface area contributed by atoms with Gasteiger partial charge in [0.25, 0.3) is 5.91 Å². The van der Waals surface area contributed by atoms with Crippen LogP contribution < -0.4 is 5.32 Å². The number of furan rings is 1. The molecule has 3 aromatic rings. The lowest BCUT2D eigenvalue weighted by molar-refractivity contribution is 0.0913. The van der Waals surface area contributed by atoms with Gasteiger partial charge in [-0.2, -0.15) is 4.31 Å². The molecule has 1 atom stereocenters. The third kappa shape index (κ3) is 4.01. The van der Waals surface area contributed by atoms with Gasteiger partial charge in [0, 0.05) is 31.5 Å². The Hall–Kier alpha value is -2.97. The zero-order valence-electron chi connectivity index (χ0n) is 16.6. The molecule has 1 aliphatic rings. The number of nitrogens with one attached hydrogen (secondary N) is 1. The summed E-state index contributed by atoms with van der Waals surface area (Å²) in [4.78, 5) is 17.1. The van der Waals surface area contributed by atoms with Gasteiger partial charge >= 0.3 is 0 Å². The van der Waals surface area contributed by atoms with E-state index in [2.05, 4.69) is 10.3 Å². The molecule has 8 heteroatoms. The van der Waals surface area contributed by atoms with Crippen LogP contribution in [0.15, 0.2) is 70.2 Å². The maximum absolute atomic E-state index is 13.0. The zero-order chi connectivity index (χ0) is 21.1. The van der Waals surface area contributed by atoms with E-state index in [1.54, 1.807) is 19.3 Å². The highest BCUT2D eigenvalue weighted by Crippen LogP contribution is 2.27. The summed E-state index contributed by atoms with van der Waals surface area (Å²) < 4.78 is 32.8. The molecule has 156 valence electrons. The van der Waals surface area contributed by atoms with Crippen LogP contribution in [-0.2, 0) is 10.0 Å². The molecule has 4 rings (SSSR count). The Morgan fingerprint density at radius 1 is 1.07 bits per heavy atom. The Morgan fingerprint density at radius 2 is 1.70 bits per heavy atom. The van der Waals surface area contributed by atoms with Crippen LogP contribution >= 0.6 is 0 Å². The van der Waals surface area contributed by atoms with Gasteiger partial charge in [-0.25, -0.2) is 8.42 Å². The Morgan fingerprint density at radius 3 is 2.37 bits per heavy atom. The van der Waals surface area contributed by atoms with Crippen molar-refractivity contribution in [1.29, 1.82) is 0 Å². The molecule has 3 heterocycles. The van der Waals surface area contributed by atoms with Gasteiger partial charge < -0.3 is 9.73 Å². The summed E-state index contributed by atoms with van der Waals surface area (Å²) in [6.07, 6.45) is 5.01. The van der Waals surface area contributed by atoms with E-state index in [1.807, 2.05) is 42.5 Å². The monoisotopic (exact) mass is 425 g/mol. The second-order valence-electron chi connectivity index (χ2n) is 7.24. The summed E-state index contributed by atoms with van der Waals surface area (Å²) >= 11 is 0. The van der Waals surface area contributed by atoms with Gasteiger partial charge in [-0.1, -0.05) is 30.3 Å². The number of hydrogen-bond acceptors (Lipinski definition) is 5. The van der Waals surface area contributed by atoms with E-state index < -0.39 is 22.0 Å². The lowest BCUT2D eigenvalue weighted by atomic mass is 9.99. The second kappa shape index (κ2) is 8.41. The molecule has 1 fully saturated rings. The average molecular weight is 426 g/mol. The van der Waals surface area contributed by atoms with Crippen LogP contribution in [0.25, 0.3) is 0 Å². The van der Waals surface area contributed by atoms with Gasteiger partial charge in [0.1, 0.15) is 10.7 Å². The van der Waals surface area contributed by atoms with Crippen molar-refractivity contribution < 1.29 is 17.6 Å². The third-order valence-electron chi connectivity index (χ3n) is 5.23. The zero-order valence-corrected chi connectivity index (χ0v) is 17.4. The highest BCUT2D eigenvalue weighted by Gasteiger charge is 2.32. The minimum absolute atomic E-state index is 0.0275. The lowest BCUT2D eigenvalue weighted by Gasteiger charge is -2.19. The molecule has 0 bridgehead atoms. The van der Waals surface area contributed by atoms with Gasteiger partial charge in [-0.3, -0.25) is 9.78 Å². The van der Waals surface area contributed by atoms with Crippen molar-refractivity contribution in [1.82, 2.24) is 14.6 Å². The number of carbonyl (C=O) groups is 1. The first-order valence-electron chi connectivity index (χ1n) is 9.83. The predicted octanol–water partition coefficient (Wildman–Crippen LogP) is 3.29. The fourth-order valence-electron chi connectivity index (χ4n) is 3.66. The maximum Gasteiger partial charge on any atom is 0.287 e. The van der Waals surface area contributed by atoms with Gasteiger partial charge in [-0.15, -0.1) is 0 Å². The van der Waals surface area contributed by atoms with Gasteiger partial charge in [0.15, 0.2) is 5.76 Å². The molecule has 0 radical (unpaired) electrons. The molecule has 2 aromatic heterocycles. The molecule has 1 amide bonds. The van der Waals surface area contributed by atoms with Crippen molar-refractivity contribution in [3.05, 3.63) is 83.6 Å². The van der Waals surface area contributed by atoms with Crippen molar-refractivity contribution in [2.24, 2.45) is 0 Å². The van der Waals surface area contributed by atoms with Crippen molar-refractivity contribution in [3.63, 3.8) is 0 Å². The molecule has 1 aliphatic heterocycles. The molecular formula is C22H23N3O4S. The Bertz CT molecular complexity index is 1080. The van der Waals surface area contributed by atoms with Crippen LogP contribution in [0.1, 0.15) is 46.3 Å². The topological polar surface area (TPSA) is 92.5 Å². The molecule has 1 saturated heterocycles. The van der Waals surface area contributed by atoms with Crippen molar-refractivity contribution in [2.45, 2.75) is 30.7 Å². The molecule has 0 spiro atoms. The Kier molecular flexibility index (Phi) is 5.69. The van der Waals surface area contributed by atoms with Crippen LogP contribution in [0.4, 0.5) is 0 Å². The first kappa shape index (κ1) is 20.3. The van der Waals surface area contributed by atoms with Crippen LogP contribution in [-0.4, -0.2) is 36.7 Å². The van der Waals surface area contributed by atoms with Crippen LogP contribution in [0, 0.1) is 6.92 Å². The number of benzene rings is 1. The van der Waals surface area contributed by atoms with Crippen LogP contribution in [0.3, 0.4) is 0 Å². The fourth-order valence-corrected chi connectivity index (χ4v) is 5.34. The van der Waals surface area contributed by atoms with Crippen molar-refractivity contribution in [2.75, 3.05) is 13.1 Å². The van der Waals surface area contributed by atoms with Gasteiger partial charge in [0.2, 0.25) is 10.0 Å². The summed E-state index contributed by atoms with van der Waals surface area (Å²) in [7, 11) is -3.66. The Balaban J connectivity index is 1.62. The largest absolute Gasteiger partial charge is 0.455 e. The van der Waals surface area contributed by atoms with Crippen LogP contribution in [0.2, 0.25) is 0 Å². The number of pyridine rings is 1. The first-order chi connectivity index (χ1) is 14.5. The van der Waals surface area contributed by atoms with Crippen molar-refractivity contribution >= 4 is 15.9 Å². The molecule has 1 aromatic carbocycles. The molecular weight excluding hydrogens is 402 g/mol. The number of carbonyl (C=O) groups excluding carboxylic acids is 1. The second-order valence-corrected chi connectivity index (χ2v) is 9.15. The smallest absolute Gasteiger partial charge is 0.287 e. The lowest BCUT2D eigenvalue weighted by Crippen LogP contribution is -2.29. The number of nitrogens with zero attached hydrogens (tertiary/aromatic N) is 2. The number of aryl methyl sites for hydroxylation is 1. The average Bonchev–Trinajstić information content (AvgIpc) is 3.44. The highest BCUT2D eigenvalue weighted by molar-refractivity contribution is 7.89. The van der Waals surface area contributed by atoms with E-state index in [-0.39, 0.29) is 16.4 Å². The van der Waals surface area contributed by atoms with Gasteiger partial charge in [-0.05, 0) is 43.0 Å². The van der Waals surface area contributed by atoms with Crippen molar-refractivity contribution in [3.8, 4) is 0 Å². The molecule has 7 nitrogen and oxygen atoms in total. The standard InChI is InChI=1S/C22H23N3O4S/c1-16-20(30(27,28)25-13-5-6-14-25)15-19(29-16)22(26)24-21(17-7-3-2-4-8-17)18-9-11-23-12-10-18/h2-4,7-12,15,21H,5-6,13-14H2,1H3,(H,24,26). The molecule has 30 heavy (non-hydrogen) atoms. The minimum atomic E-state index is -3.66. The minimum Gasteiger partial charge on any atom is -0.455 e. The number of amides is 1. The van der Waals surface area contributed by atoms with Crippen LogP contribution in [0.5, 0.6) is 0 Å². The van der Waals surface area contributed by atoms with Gasteiger partial charge in [0.05, 0.1) is 6.04 Å². The quantitative estimate of drug-likeness (QED) is 0.654. The summed E-state index contributed by atoms with van der Waals surface area (Å²) in [5.41, 5.74) is 1.75. The maximum atomic E-state index is 13.0. The third-order valence-corrected chi connectivity index (χ3v) is 7.23. The predicted molar refractivity (Wildman–Crippen MR) is 111 cm³/mol. The number of rotatable bonds is 6.